The van der Waals surface area contributed by atoms with E-state index in [0.29, 0.717) is 11.4 Å². The van der Waals surface area contributed by atoms with E-state index in [1.54, 1.807) is 18.3 Å². The summed E-state index contributed by atoms with van der Waals surface area (Å²) in [5.41, 5.74) is 1.65. The van der Waals surface area contributed by atoms with Crippen LogP contribution in [0.25, 0.3) is 0 Å². The summed E-state index contributed by atoms with van der Waals surface area (Å²) in [6, 6.07) is 13.0. The van der Waals surface area contributed by atoms with Crippen LogP contribution in [0.2, 0.25) is 0 Å². The smallest absolute Gasteiger partial charge is 0.232 e. The predicted octanol–water partition coefficient (Wildman–Crippen LogP) is 2.17. The lowest BCUT2D eigenvalue weighted by Gasteiger charge is -2.12. The molecule has 0 spiro atoms. The Hall–Kier alpha value is -2.64. The summed E-state index contributed by atoms with van der Waals surface area (Å²) in [6.07, 6.45) is 1.57. The van der Waals surface area contributed by atoms with E-state index in [9.17, 15) is 4.79 Å². The van der Waals surface area contributed by atoms with Gasteiger partial charge in [0.05, 0.1) is 5.92 Å². The molecular weight excluding hydrogens is 264 g/mol. The number of nitrogens with zero attached hydrogens (tertiary/aromatic N) is 1. The minimum atomic E-state index is -0.264. The molecule has 2 N–H and O–H groups in total. The average molecular weight is 280 g/mol. The first-order valence-electron chi connectivity index (χ1n) is 6.62. The molecule has 4 heteroatoms. The molecule has 0 aliphatic rings. The maximum absolute atomic E-state index is 12.2. The Labute approximate surface area is 123 Å². The SMILES string of the molecule is CC(C(=O)Nc1cc(C#CCO)ccn1)c1ccccc1. The second-order valence-corrected chi connectivity index (χ2v) is 4.51. The summed E-state index contributed by atoms with van der Waals surface area (Å²) in [5.74, 6) is 5.40. The minimum absolute atomic E-state index is 0.124. The van der Waals surface area contributed by atoms with Gasteiger partial charge in [-0.25, -0.2) is 4.98 Å². The van der Waals surface area contributed by atoms with Gasteiger partial charge in [0.2, 0.25) is 5.91 Å². The van der Waals surface area contributed by atoms with Crippen molar-refractivity contribution >= 4 is 11.7 Å². The number of pyridine rings is 1. The lowest BCUT2D eigenvalue weighted by Crippen LogP contribution is -2.19. The fourth-order valence-corrected chi connectivity index (χ4v) is 1.85. The van der Waals surface area contributed by atoms with Crippen LogP contribution in [0.4, 0.5) is 5.82 Å². The van der Waals surface area contributed by atoms with E-state index >= 15 is 0 Å². The Kier molecular flexibility index (Phi) is 5.08. The van der Waals surface area contributed by atoms with E-state index in [1.807, 2.05) is 37.3 Å². The van der Waals surface area contributed by atoms with E-state index in [4.69, 9.17) is 5.11 Å². The number of hydrogen-bond acceptors (Lipinski definition) is 3. The number of carbonyl (C=O) groups is 1. The fraction of sp³-hybridized carbons (Fsp3) is 0.176. The van der Waals surface area contributed by atoms with Gasteiger partial charge in [-0.15, -0.1) is 0 Å². The van der Waals surface area contributed by atoms with Crippen molar-refractivity contribution in [2.24, 2.45) is 0 Å². The number of hydrogen-bond donors (Lipinski definition) is 2. The van der Waals surface area contributed by atoms with Crippen molar-refractivity contribution in [3.8, 4) is 11.8 Å². The molecule has 0 bridgehead atoms. The van der Waals surface area contributed by atoms with Gasteiger partial charge in [-0.2, -0.15) is 0 Å². The van der Waals surface area contributed by atoms with E-state index < -0.39 is 0 Å². The summed E-state index contributed by atoms with van der Waals surface area (Å²) in [6.45, 7) is 1.65. The molecule has 0 aliphatic carbocycles. The third-order valence-electron chi connectivity index (χ3n) is 3.02. The third kappa shape index (κ3) is 4.16. The number of nitrogens with one attached hydrogen (secondary N) is 1. The van der Waals surface area contributed by atoms with Crippen LogP contribution >= 0.6 is 0 Å². The van der Waals surface area contributed by atoms with Gasteiger partial charge in [-0.05, 0) is 24.6 Å². The maximum atomic E-state index is 12.2. The number of benzene rings is 1. The highest BCUT2D eigenvalue weighted by molar-refractivity contribution is 5.94. The van der Waals surface area contributed by atoms with Crippen molar-refractivity contribution in [3.05, 3.63) is 59.8 Å². The molecular formula is C17H16N2O2. The maximum Gasteiger partial charge on any atom is 0.232 e. The van der Waals surface area contributed by atoms with Crippen molar-refractivity contribution in [2.75, 3.05) is 11.9 Å². The number of aromatic nitrogens is 1. The number of rotatable bonds is 3. The van der Waals surface area contributed by atoms with Crippen LogP contribution in [0.1, 0.15) is 24.0 Å². The number of carbonyl (C=O) groups excluding carboxylic acids is 1. The van der Waals surface area contributed by atoms with Gasteiger partial charge in [0, 0.05) is 11.8 Å². The number of anilines is 1. The number of aliphatic hydroxyl groups excluding tert-OH is 1. The molecule has 0 saturated heterocycles. The number of aliphatic hydroxyl groups is 1. The Morgan fingerprint density at radius 2 is 2.10 bits per heavy atom. The zero-order chi connectivity index (χ0) is 15.1. The molecule has 0 fully saturated rings. The standard InChI is InChI=1S/C17H16N2O2/c1-13(15-7-3-2-4-8-15)17(21)19-16-12-14(6-5-11-20)9-10-18-16/h2-4,7-10,12-13,20H,11H2,1H3,(H,18,19,21). The quantitative estimate of drug-likeness (QED) is 0.847. The van der Waals surface area contributed by atoms with Crippen molar-refractivity contribution in [2.45, 2.75) is 12.8 Å². The highest BCUT2D eigenvalue weighted by Crippen LogP contribution is 2.17. The van der Waals surface area contributed by atoms with Crippen molar-refractivity contribution in [1.29, 1.82) is 0 Å². The molecule has 106 valence electrons. The highest BCUT2D eigenvalue weighted by Gasteiger charge is 2.15. The third-order valence-corrected chi connectivity index (χ3v) is 3.02. The molecule has 1 heterocycles. The van der Waals surface area contributed by atoms with Gasteiger partial charge >= 0.3 is 0 Å². The van der Waals surface area contributed by atoms with E-state index in [2.05, 4.69) is 22.1 Å². The first-order valence-corrected chi connectivity index (χ1v) is 6.62. The predicted molar refractivity (Wildman–Crippen MR) is 81.7 cm³/mol. The Morgan fingerprint density at radius 3 is 2.81 bits per heavy atom. The fourth-order valence-electron chi connectivity index (χ4n) is 1.85. The van der Waals surface area contributed by atoms with Crippen molar-refractivity contribution in [1.82, 2.24) is 4.98 Å². The van der Waals surface area contributed by atoms with Crippen molar-refractivity contribution < 1.29 is 9.90 Å². The lowest BCUT2D eigenvalue weighted by atomic mass is 10.0. The molecule has 0 radical (unpaired) electrons. The normalized spacial score (nSPS) is 11.1. The summed E-state index contributed by atoms with van der Waals surface area (Å²) in [4.78, 5) is 16.3. The van der Waals surface area contributed by atoms with Gasteiger partial charge in [0.1, 0.15) is 12.4 Å². The summed E-state index contributed by atoms with van der Waals surface area (Å²) in [7, 11) is 0. The van der Waals surface area contributed by atoms with Crippen molar-refractivity contribution in [3.63, 3.8) is 0 Å². The first-order chi connectivity index (χ1) is 10.2. The Morgan fingerprint density at radius 1 is 1.33 bits per heavy atom. The molecule has 2 aromatic rings. The van der Waals surface area contributed by atoms with Gasteiger partial charge < -0.3 is 10.4 Å². The summed E-state index contributed by atoms with van der Waals surface area (Å²) >= 11 is 0. The number of amides is 1. The topological polar surface area (TPSA) is 62.2 Å². The second kappa shape index (κ2) is 7.22. The van der Waals surface area contributed by atoms with Crippen LogP contribution in [-0.4, -0.2) is 22.6 Å². The summed E-state index contributed by atoms with van der Waals surface area (Å²) in [5, 5.41) is 11.5. The Bertz CT molecular complexity index is 672. The minimum Gasteiger partial charge on any atom is -0.384 e. The Balaban J connectivity index is 2.09. The molecule has 1 amide bonds. The molecule has 2 rings (SSSR count). The first kappa shape index (κ1) is 14.8. The molecule has 4 nitrogen and oxygen atoms in total. The molecule has 0 aliphatic heterocycles. The van der Waals surface area contributed by atoms with Crippen LogP contribution in [0.5, 0.6) is 0 Å². The molecule has 21 heavy (non-hydrogen) atoms. The van der Waals surface area contributed by atoms with Gasteiger partial charge in [0.25, 0.3) is 0 Å². The van der Waals surface area contributed by atoms with E-state index in [0.717, 1.165) is 5.56 Å². The lowest BCUT2D eigenvalue weighted by molar-refractivity contribution is -0.117. The average Bonchev–Trinajstić information content (AvgIpc) is 2.53. The van der Waals surface area contributed by atoms with Crippen LogP contribution in [-0.2, 0) is 4.79 Å². The molecule has 1 atom stereocenters. The van der Waals surface area contributed by atoms with Gasteiger partial charge in [0.15, 0.2) is 0 Å². The van der Waals surface area contributed by atoms with Crippen LogP contribution < -0.4 is 5.32 Å². The molecule has 1 aromatic carbocycles. The molecule has 1 aromatic heterocycles. The van der Waals surface area contributed by atoms with E-state index in [-0.39, 0.29) is 18.4 Å². The van der Waals surface area contributed by atoms with Gasteiger partial charge in [-0.3, -0.25) is 4.79 Å². The zero-order valence-electron chi connectivity index (χ0n) is 11.7. The molecule has 0 saturated carbocycles. The van der Waals surface area contributed by atoms with Crippen LogP contribution in [0.15, 0.2) is 48.7 Å². The second-order valence-electron chi connectivity index (χ2n) is 4.51. The largest absolute Gasteiger partial charge is 0.384 e. The van der Waals surface area contributed by atoms with Gasteiger partial charge in [-0.1, -0.05) is 42.2 Å². The van der Waals surface area contributed by atoms with Crippen LogP contribution in [0, 0.1) is 11.8 Å². The highest BCUT2D eigenvalue weighted by atomic mass is 16.2. The van der Waals surface area contributed by atoms with Crippen LogP contribution in [0.3, 0.4) is 0 Å². The monoisotopic (exact) mass is 280 g/mol. The van der Waals surface area contributed by atoms with E-state index in [1.165, 1.54) is 0 Å². The zero-order valence-corrected chi connectivity index (χ0v) is 11.7. The summed E-state index contributed by atoms with van der Waals surface area (Å²) < 4.78 is 0. The molecule has 1 unspecified atom stereocenters.